The molecular weight excluding hydrogens is 341 g/mol. The average molecular weight is 344 g/mol. The molecule has 0 unspecified atom stereocenters. The van der Waals surface area contributed by atoms with E-state index in [1.807, 2.05) is 0 Å². The van der Waals surface area contributed by atoms with E-state index in [1.165, 1.54) is 18.5 Å². The molecule has 0 saturated carbocycles. The van der Waals surface area contributed by atoms with Gasteiger partial charge in [-0.25, -0.2) is 9.97 Å². The van der Waals surface area contributed by atoms with E-state index >= 15 is 0 Å². The Kier molecular flexibility index (Phi) is 4.41. The summed E-state index contributed by atoms with van der Waals surface area (Å²) in [6, 6.07) is 2.96. The molecule has 1 aromatic carbocycles. The average Bonchev–Trinajstić information content (AvgIpc) is 2.26. The predicted molar refractivity (Wildman–Crippen MR) is 73.6 cm³/mol. The second-order valence-electron chi connectivity index (χ2n) is 3.09. The highest BCUT2D eigenvalue weighted by Gasteiger charge is 2.16. The van der Waals surface area contributed by atoms with Crippen molar-refractivity contribution < 1.29 is 4.74 Å². The van der Waals surface area contributed by atoms with E-state index in [1.54, 1.807) is 0 Å². The third-order valence-corrected chi connectivity index (χ3v) is 3.20. The van der Waals surface area contributed by atoms with Crippen LogP contribution in [0.4, 0.5) is 0 Å². The van der Waals surface area contributed by atoms with Gasteiger partial charge in [-0.05, 0) is 12.1 Å². The largest absolute Gasteiger partial charge is 0.448 e. The van der Waals surface area contributed by atoms with Crippen molar-refractivity contribution in [2.45, 2.75) is 0 Å². The second-order valence-corrected chi connectivity index (χ2v) is 5.05. The van der Waals surface area contributed by atoms with E-state index in [4.69, 9.17) is 62.7 Å². The number of nitrogens with zero attached hydrogens (tertiary/aromatic N) is 2. The molecule has 0 atom stereocenters. The van der Waals surface area contributed by atoms with Gasteiger partial charge >= 0.3 is 0 Å². The maximum Gasteiger partial charge on any atom is 0.202 e. The van der Waals surface area contributed by atoms with E-state index in [9.17, 15) is 0 Å². The Hall–Kier alpha value is -0.450. The predicted octanol–water partition coefficient (Wildman–Crippen LogP) is 5.54. The summed E-state index contributed by atoms with van der Waals surface area (Å²) in [5.74, 6) is 0.258. The molecule has 0 aliphatic carbocycles. The van der Waals surface area contributed by atoms with Crippen molar-refractivity contribution in [3.63, 3.8) is 0 Å². The Morgan fingerprint density at radius 1 is 0.778 bits per heavy atom. The van der Waals surface area contributed by atoms with E-state index in [0.29, 0.717) is 5.02 Å². The van der Waals surface area contributed by atoms with Crippen LogP contribution in [0.1, 0.15) is 0 Å². The molecule has 0 amide bonds. The molecular formula is C10H3Cl5N2O. The van der Waals surface area contributed by atoms with Crippen molar-refractivity contribution in [3.05, 3.63) is 43.8 Å². The molecule has 0 aliphatic heterocycles. The smallest absolute Gasteiger partial charge is 0.202 e. The summed E-state index contributed by atoms with van der Waals surface area (Å²) in [6.07, 6.45) is 1.21. The van der Waals surface area contributed by atoms with Gasteiger partial charge in [0.2, 0.25) is 5.75 Å². The van der Waals surface area contributed by atoms with E-state index in [2.05, 4.69) is 9.97 Å². The quantitative estimate of drug-likeness (QED) is 0.671. The molecule has 0 N–H and O–H groups in total. The van der Waals surface area contributed by atoms with Gasteiger partial charge < -0.3 is 4.74 Å². The Labute approximate surface area is 128 Å². The van der Waals surface area contributed by atoms with Crippen LogP contribution in [0.2, 0.25) is 25.4 Å². The number of hydrogen-bond donors (Lipinski definition) is 0. The lowest BCUT2D eigenvalue weighted by atomic mass is 10.3. The molecule has 1 aromatic heterocycles. The number of halogens is 5. The Bertz CT molecular complexity index is 562. The SMILES string of the molecule is Clc1cc(Cl)c(Oc2c(Cl)ncnc2Cl)c(Cl)c1. The van der Waals surface area contributed by atoms with Crippen molar-refractivity contribution in [1.29, 1.82) is 0 Å². The fourth-order valence-corrected chi connectivity index (χ4v) is 2.43. The van der Waals surface area contributed by atoms with Crippen LogP contribution in [0.15, 0.2) is 18.5 Å². The molecule has 2 rings (SSSR count). The number of hydrogen-bond acceptors (Lipinski definition) is 3. The zero-order valence-electron chi connectivity index (χ0n) is 8.42. The maximum absolute atomic E-state index is 5.97. The number of rotatable bonds is 2. The van der Waals surface area contributed by atoms with Crippen molar-refractivity contribution in [3.8, 4) is 11.5 Å². The second kappa shape index (κ2) is 5.68. The van der Waals surface area contributed by atoms with Crippen molar-refractivity contribution in [1.82, 2.24) is 9.97 Å². The van der Waals surface area contributed by atoms with Gasteiger partial charge in [0.25, 0.3) is 0 Å². The summed E-state index contributed by atoms with van der Waals surface area (Å²) in [4.78, 5) is 7.49. The van der Waals surface area contributed by atoms with Crippen LogP contribution in [0, 0.1) is 0 Å². The fourth-order valence-electron chi connectivity index (χ4n) is 1.15. The summed E-state index contributed by atoms with van der Waals surface area (Å²) >= 11 is 29.4. The first-order valence-electron chi connectivity index (χ1n) is 4.47. The van der Waals surface area contributed by atoms with Crippen LogP contribution in [0.5, 0.6) is 11.5 Å². The molecule has 0 saturated heterocycles. The highest BCUT2D eigenvalue weighted by atomic mass is 35.5. The summed E-state index contributed by atoms with van der Waals surface area (Å²) < 4.78 is 5.45. The molecule has 0 radical (unpaired) electrons. The van der Waals surface area contributed by atoms with Gasteiger partial charge in [0.15, 0.2) is 16.1 Å². The normalized spacial score (nSPS) is 10.5. The highest BCUT2D eigenvalue weighted by molar-refractivity contribution is 6.40. The Balaban J connectivity index is 2.47. The van der Waals surface area contributed by atoms with Crippen molar-refractivity contribution in [2.75, 3.05) is 0 Å². The van der Waals surface area contributed by atoms with Crippen LogP contribution < -0.4 is 4.74 Å². The van der Waals surface area contributed by atoms with E-state index in [-0.39, 0.29) is 31.9 Å². The molecule has 0 bridgehead atoms. The first-order chi connectivity index (χ1) is 8.49. The van der Waals surface area contributed by atoms with Crippen LogP contribution >= 0.6 is 58.0 Å². The first kappa shape index (κ1) is 14.0. The lowest BCUT2D eigenvalue weighted by molar-refractivity contribution is 0.478. The first-order valence-corrected chi connectivity index (χ1v) is 6.36. The minimum Gasteiger partial charge on any atom is -0.448 e. The van der Waals surface area contributed by atoms with E-state index < -0.39 is 0 Å². The number of aromatic nitrogens is 2. The minimum atomic E-state index is 0.0529. The van der Waals surface area contributed by atoms with Gasteiger partial charge in [-0.2, -0.15) is 0 Å². The maximum atomic E-state index is 5.97. The number of ether oxygens (including phenoxy) is 1. The Morgan fingerprint density at radius 3 is 1.78 bits per heavy atom. The summed E-state index contributed by atoms with van der Waals surface area (Å²) in [5.41, 5.74) is 0. The zero-order chi connectivity index (χ0) is 13.3. The third kappa shape index (κ3) is 2.92. The highest BCUT2D eigenvalue weighted by Crippen LogP contribution is 2.41. The molecule has 3 nitrogen and oxygen atoms in total. The van der Waals surface area contributed by atoms with Crippen molar-refractivity contribution in [2.24, 2.45) is 0 Å². The molecule has 94 valence electrons. The van der Waals surface area contributed by atoms with Gasteiger partial charge in [-0.15, -0.1) is 0 Å². The third-order valence-electron chi connectivity index (χ3n) is 1.88. The molecule has 0 aliphatic rings. The molecule has 0 fully saturated rings. The monoisotopic (exact) mass is 342 g/mol. The van der Waals surface area contributed by atoms with Gasteiger partial charge in [0.05, 0.1) is 10.0 Å². The summed E-state index contributed by atoms with van der Waals surface area (Å²) in [5, 5.41) is 0.944. The Morgan fingerprint density at radius 2 is 1.28 bits per heavy atom. The molecule has 1 heterocycles. The fraction of sp³-hybridized carbons (Fsp3) is 0. The number of benzene rings is 1. The van der Waals surface area contributed by atoms with Crippen LogP contribution in [-0.2, 0) is 0 Å². The van der Waals surface area contributed by atoms with Gasteiger partial charge in [0.1, 0.15) is 6.33 Å². The van der Waals surface area contributed by atoms with E-state index in [0.717, 1.165) is 0 Å². The van der Waals surface area contributed by atoms with Crippen LogP contribution in [0.3, 0.4) is 0 Å². The van der Waals surface area contributed by atoms with Gasteiger partial charge in [-0.3, -0.25) is 0 Å². The van der Waals surface area contributed by atoms with Crippen LogP contribution in [0.25, 0.3) is 0 Å². The zero-order valence-corrected chi connectivity index (χ0v) is 12.2. The molecule has 2 aromatic rings. The molecule has 18 heavy (non-hydrogen) atoms. The summed E-state index contributed by atoms with van der Waals surface area (Å²) in [7, 11) is 0. The van der Waals surface area contributed by atoms with Gasteiger partial charge in [-0.1, -0.05) is 58.0 Å². The summed E-state index contributed by atoms with van der Waals surface area (Å²) in [6.45, 7) is 0. The van der Waals surface area contributed by atoms with Crippen molar-refractivity contribution >= 4 is 58.0 Å². The topological polar surface area (TPSA) is 35.0 Å². The molecule has 0 spiro atoms. The van der Waals surface area contributed by atoms with Gasteiger partial charge in [0, 0.05) is 5.02 Å². The minimum absolute atomic E-state index is 0.0529. The van der Waals surface area contributed by atoms with Crippen LogP contribution in [-0.4, -0.2) is 9.97 Å². The standard InChI is InChI=1S/C10H3Cl5N2O/c11-4-1-5(12)7(6(13)2-4)18-8-9(14)16-3-17-10(8)15/h1-3H. The lowest BCUT2D eigenvalue weighted by Gasteiger charge is -2.11. The lowest BCUT2D eigenvalue weighted by Crippen LogP contribution is -1.92. The molecule has 8 heteroatoms.